The molecule has 0 spiro atoms. The van der Waals surface area contributed by atoms with E-state index in [-0.39, 0.29) is 5.56 Å². The third-order valence-electron chi connectivity index (χ3n) is 7.49. The highest BCUT2D eigenvalue weighted by Gasteiger charge is 2.20. The predicted molar refractivity (Wildman–Crippen MR) is 147 cm³/mol. The standard InChI is InChI=1S/C30H39N3O4/c1-3-4-15-35-25-6-7-26-22(2)18-30(34)33(27(26)20-25)14-13-32-11-9-24(10-12-32)31-21-23-5-8-28-29(19-23)37-17-16-36-28/h5-8,18-20,24,31H,3-4,9-17,21H2,1-2H3. The Bertz CT molecular complexity index is 1260. The number of aryl methyl sites for hydroxylation is 1. The minimum absolute atomic E-state index is 0.0617. The lowest BCUT2D eigenvalue weighted by Gasteiger charge is -2.32. The molecule has 7 heteroatoms. The summed E-state index contributed by atoms with van der Waals surface area (Å²) in [4.78, 5) is 15.4. The fourth-order valence-corrected chi connectivity index (χ4v) is 5.24. The lowest BCUT2D eigenvalue weighted by atomic mass is 10.0. The van der Waals surface area contributed by atoms with Crippen molar-refractivity contribution in [2.75, 3.05) is 39.5 Å². The minimum atomic E-state index is 0.0617. The zero-order valence-corrected chi connectivity index (χ0v) is 22.1. The van der Waals surface area contributed by atoms with Crippen LogP contribution in [0.4, 0.5) is 0 Å². The number of rotatable bonds is 10. The first-order valence-electron chi connectivity index (χ1n) is 13.7. The van der Waals surface area contributed by atoms with Crippen LogP contribution in [0.2, 0.25) is 0 Å². The normalized spacial score (nSPS) is 16.3. The maximum atomic E-state index is 12.9. The van der Waals surface area contributed by atoms with Crippen LogP contribution in [-0.4, -0.2) is 55.0 Å². The molecule has 0 saturated carbocycles. The smallest absolute Gasteiger partial charge is 0.251 e. The molecule has 37 heavy (non-hydrogen) atoms. The largest absolute Gasteiger partial charge is 0.494 e. The van der Waals surface area contributed by atoms with Crippen molar-refractivity contribution >= 4 is 10.9 Å². The number of nitrogens with zero attached hydrogens (tertiary/aromatic N) is 2. The van der Waals surface area contributed by atoms with Crippen molar-refractivity contribution < 1.29 is 14.2 Å². The molecule has 1 aromatic heterocycles. The average Bonchev–Trinajstić information content (AvgIpc) is 2.92. The van der Waals surface area contributed by atoms with Crippen LogP contribution in [0.1, 0.15) is 43.7 Å². The van der Waals surface area contributed by atoms with Gasteiger partial charge in [0.15, 0.2) is 11.5 Å². The van der Waals surface area contributed by atoms with Crippen molar-refractivity contribution in [2.24, 2.45) is 0 Å². The Labute approximate surface area is 219 Å². The lowest BCUT2D eigenvalue weighted by molar-refractivity contribution is 0.171. The molecule has 0 amide bonds. The highest BCUT2D eigenvalue weighted by Crippen LogP contribution is 2.31. The predicted octanol–water partition coefficient (Wildman–Crippen LogP) is 4.51. The van der Waals surface area contributed by atoms with E-state index in [0.29, 0.717) is 32.4 Å². The fourth-order valence-electron chi connectivity index (χ4n) is 5.24. The molecule has 1 fully saturated rings. The van der Waals surface area contributed by atoms with E-state index in [1.165, 1.54) is 5.56 Å². The molecular formula is C30H39N3O4. The number of unbranched alkanes of at least 4 members (excludes halogenated alkanes) is 1. The Kier molecular flexibility index (Phi) is 8.31. The fraction of sp³-hybridized carbons (Fsp3) is 0.500. The van der Waals surface area contributed by atoms with Gasteiger partial charge in [0.1, 0.15) is 19.0 Å². The molecule has 2 aliphatic heterocycles. The van der Waals surface area contributed by atoms with Crippen molar-refractivity contribution in [3.63, 3.8) is 0 Å². The van der Waals surface area contributed by atoms with E-state index in [4.69, 9.17) is 14.2 Å². The van der Waals surface area contributed by atoms with Gasteiger partial charge in [0.2, 0.25) is 0 Å². The van der Waals surface area contributed by atoms with E-state index in [0.717, 1.165) is 85.6 Å². The van der Waals surface area contributed by atoms with Crippen LogP contribution in [0.3, 0.4) is 0 Å². The summed E-state index contributed by atoms with van der Waals surface area (Å²) in [5, 5.41) is 4.83. The Hall–Kier alpha value is -3.03. The zero-order chi connectivity index (χ0) is 25.6. The van der Waals surface area contributed by atoms with Gasteiger partial charge in [0, 0.05) is 43.2 Å². The van der Waals surface area contributed by atoms with Crippen LogP contribution < -0.4 is 25.1 Å². The van der Waals surface area contributed by atoms with Crippen LogP contribution in [0.25, 0.3) is 10.9 Å². The van der Waals surface area contributed by atoms with Gasteiger partial charge in [0.05, 0.1) is 12.1 Å². The monoisotopic (exact) mass is 505 g/mol. The SMILES string of the molecule is CCCCOc1ccc2c(C)cc(=O)n(CCN3CCC(NCc4ccc5c(c4)OCCO5)CC3)c2c1. The highest BCUT2D eigenvalue weighted by molar-refractivity contribution is 5.83. The van der Waals surface area contributed by atoms with Crippen molar-refractivity contribution in [3.8, 4) is 17.2 Å². The molecule has 1 N–H and O–H groups in total. The third kappa shape index (κ3) is 6.28. The van der Waals surface area contributed by atoms with Gasteiger partial charge in [-0.25, -0.2) is 0 Å². The van der Waals surface area contributed by atoms with Gasteiger partial charge in [-0.05, 0) is 74.7 Å². The number of pyridine rings is 1. The summed E-state index contributed by atoms with van der Waals surface area (Å²) in [6.45, 7) is 10.5. The summed E-state index contributed by atoms with van der Waals surface area (Å²) in [5.74, 6) is 2.52. The topological polar surface area (TPSA) is 65.0 Å². The summed E-state index contributed by atoms with van der Waals surface area (Å²) < 4.78 is 19.2. The van der Waals surface area contributed by atoms with Crippen LogP contribution in [0.5, 0.6) is 17.2 Å². The molecule has 1 saturated heterocycles. The van der Waals surface area contributed by atoms with Crippen LogP contribution >= 0.6 is 0 Å². The first kappa shape index (κ1) is 25.6. The van der Waals surface area contributed by atoms with E-state index in [9.17, 15) is 4.79 Å². The van der Waals surface area contributed by atoms with E-state index in [1.54, 1.807) is 6.07 Å². The third-order valence-corrected chi connectivity index (χ3v) is 7.49. The number of benzene rings is 2. The molecule has 198 valence electrons. The zero-order valence-electron chi connectivity index (χ0n) is 22.1. The number of likely N-dealkylation sites (tertiary alicyclic amines) is 1. The first-order valence-corrected chi connectivity index (χ1v) is 13.7. The van der Waals surface area contributed by atoms with Gasteiger partial charge in [-0.15, -0.1) is 0 Å². The molecular weight excluding hydrogens is 466 g/mol. The van der Waals surface area contributed by atoms with Crippen molar-refractivity contribution in [1.29, 1.82) is 0 Å². The van der Waals surface area contributed by atoms with Crippen LogP contribution in [0.15, 0.2) is 47.3 Å². The Balaban J connectivity index is 1.15. The van der Waals surface area contributed by atoms with Gasteiger partial charge in [-0.3, -0.25) is 4.79 Å². The van der Waals surface area contributed by atoms with Gasteiger partial charge < -0.3 is 29.0 Å². The molecule has 5 rings (SSSR count). The van der Waals surface area contributed by atoms with E-state index >= 15 is 0 Å². The van der Waals surface area contributed by atoms with Crippen molar-refractivity contribution in [1.82, 2.24) is 14.8 Å². The molecule has 3 aromatic rings. The highest BCUT2D eigenvalue weighted by atomic mass is 16.6. The molecule has 7 nitrogen and oxygen atoms in total. The van der Waals surface area contributed by atoms with E-state index < -0.39 is 0 Å². The number of nitrogens with one attached hydrogen (secondary N) is 1. The van der Waals surface area contributed by atoms with Crippen molar-refractivity contribution in [3.05, 3.63) is 63.9 Å². The lowest BCUT2D eigenvalue weighted by Crippen LogP contribution is -2.43. The summed E-state index contributed by atoms with van der Waals surface area (Å²) in [7, 11) is 0. The number of hydrogen-bond acceptors (Lipinski definition) is 6. The number of fused-ring (bicyclic) bond motifs is 2. The summed E-state index contributed by atoms with van der Waals surface area (Å²) in [5.41, 5.74) is 3.26. The number of hydrogen-bond donors (Lipinski definition) is 1. The Morgan fingerprint density at radius 3 is 2.62 bits per heavy atom. The van der Waals surface area contributed by atoms with Crippen LogP contribution in [-0.2, 0) is 13.1 Å². The second-order valence-corrected chi connectivity index (χ2v) is 10.2. The number of piperidine rings is 1. The quantitative estimate of drug-likeness (QED) is 0.409. The maximum absolute atomic E-state index is 12.9. The molecule has 2 aliphatic rings. The molecule has 0 aliphatic carbocycles. The van der Waals surface area contributed by atoms with Gasteiger partial charge in [-0.1, -0.05) is 19.4 Å². The van der Waals surface area contributed by atoms with Crippen molar-refractivity contribution in [2.45, 2.75) is 58.7 Å². The second-order valence-electron chi connectivity index (χ2n) is 10.2. The van der Waals surface area contributed by atoms with Gasteiger partial charge >= 0.3 is 0 Å². The van der Waals surface area contributed by atoms with Gasteiger partial charge in [0.25, 0.3) is 5.56 Å². The van der Waals surface area contributed by atoms with E-state index in [1.807, 2.05) is 29.7 Å². The molecule has 3 heterocycles. The number of ether oxygens (including phenoxy) is 3. The average molecular weight is 506 g/mol. The number of aromatic nitrogens is 1. The molecule has 0 bridgehead atoms. The van der Waals surface area contributed by atoms with Gasteiger partial charge in [-0.2, -0.15) is 0 Å². The molecule has 0 radical (unpaired) electrons. The summed E-state index contributed by atoms with van der Waals surface area (Å²) in [6.07, 6.45) is 4.33. The molecule has 0 atom stereocenters. The summed E-state index contributed by atoms with van der Waals surface area (Å²) >= 11 is 0. The Morgan fingerprint density at radius 2 is 1.81 bits per heavy atom. The first-order chi connectivity index (χ1) is 18.1. The summed E-state index contributed by atoms with van der Waals surface area (Å²) in [6, 6.07) is 14.6. The molecule has 2 aromatic carbocycles. The molecule has 0 unspecified atom stereocenters. The maximum Gasteiger partial charge on any atom is 0.251 e. The Morgan fingerprint density at radius 1 is 1.00 bits per heavy atom. The second kappa shape index (κ2) is 12.0. The minimum Gasteiger partial charge on any atom is -0.494 e. The van der Waals surface area contributed by atoms with E-state index in [2.05, 4.69) is 35.3 Å². The van der Waals surface area contributed by atoms with Crippen LogP contribution in [0, 0.1) is 6.92 Å².